The fraction of sp³-hybridized carbons (Fsp3) is 1.00. The van der Waals surface area contributed by atoms with Crippen LogP contribution in [0.3, 0.4) is 0 Å². The van der Waals surface area contributed by atoms with Gasteiger partial charge in [0.15, 0.2) is 0 Å². The molecular formula is C23H40O2. The highest BCUT2D eigenvalue weighted by Crippen LogP contribution is 2.69. The first-order chi connectivity index (χ1) is 11.8. The predicted molar refractivity (Wildman–Crippen MR) is 102 cm³/mol. The van der Waals surface area contributed by atoms with E-state index < -0.39 is 5.60 Å². The third-order valence-electron chi connectivity index (χ3n) is 10.3. The highest BCUT2D eigenvalue weighted by atomic mass is 16.3. The Bertz CT molecular complexity index is 518. The zero-order chi connectivity index (χ0) is 18.0. The number of hydrogen-bond acceptors (Lipinski definition) is 2. The monoisotopic (exact) mass is 348 g/mol. The zero-order valence-electron chi connectivity index (χ0n) is 16.9. The van der Waals surface area contributed by atoms with Gasteiger partial charge in [0.1, 0.15) is 0 Å². The van der Waals surface area contributed by atoms with Crippen LogP contribution in [0.25, 0.3) is 0 Å². The van der Waals surface area contributed by atoms with Crippen LogP contribution in [0.15, 0.2) is 0 Å². The van der Waals surface area contributed by atoms with Crippen LogP contribution in [-0.2, 0) is 0 Å². The van der Waals surface area contributed by atoms with Crippen LogP contribution >= 0.6 is 0 Å². The minimum Gasteiger partial charge on any atom is -0.393 e. The Morgan fingerprint density at radius 2 is 1.68 bits per heavy atom. The molecule has 4 aliphatic carbocycles. The fourth-order valence-corrected chi connectivity index (χ4v) is 8.43. The molecule has 0 heterocycles. The summed E-state index contributed by atoms with van der Waals surface area (Å²) in [6.07, 6.45) is 11.7. The van der Waals surface area contributed by atoms with Crippen LogP contribution in [0.4, 0.5) is 0 Å². The smallest absolute Gasteiger partial charge is 0.0729 e. The Hall–Kier alpha value is -0.0800. The average molecular weight is 349 g/mol. The van der Waals surface area contributed by atoms with Crippen LogP contribution in [0.2, 0.25) is 0 Å². The third-order valence-corrected chi connectivity index (χ3v) is 10.3. The standard InChI is InChI=1S/C23H40O2/c1-5-15(2)23(25)13-10-20-18-7-6-16-14-17(24)8-11-21(16,3)19(18)9-12-22(20,23)4/h15-20,24-25H,5-14H2,1-4H3/t15?,16?,17?,18-,19-,20+,21+,22+,23?/m1/s1. The summed E-state index contributed by atoms with van der Waals surface area (Å²) in [7, 11) is 0. The van der Waals surface area contributed by atoms with Crippen LogP contribution < -0.4 is 0 Å². The van der Waals surface area contributed by atoms with Crippen molar-refractivity contribution in [3.63, 3.8) is 0 Å². The van der Waals surface area contributed by atoms with E-state index in [0.717, 1.165) is 49.4 Å². The summed E-state index contributed by atoms with van der Waals surface area (Å²) in [5.74, 6) is 3.51. The van der Waals surface area contributed by atoms with Gasteiger partial charge in [0.05, 0.1) is 11.7 Å². The van der Waals surface area contributed by atoms with Crippen LogP contribution in [0.5, 0.6) is 0 Å². The molecule has 0 aliphatic heterocycles. The molecule has 4 fully saturated rings. The van der Waals surface area contributed by atoms with Crippen molar-refractivity contribution in [3.05, 3.63) is 0 Å². The van der Waals surface area contributed by atoms with E-state index in [1.165, 1.54) is 38.5 Å². The molecule has 2 nitrogen and oxygen atoms in total. The number of fused-ring (bicyclic) bond motifs is 5. The van der Waals surface area contributed by atoms with E-state index in [4.69, 9.17) is 0 Å². The van der Waals surface area contributed by atoms with Gasteiger partial charge in [0, 0.05) is 0 Å². The second-order valence-electron chi connectivity index (χ2n) is 10.8. The first-order valence-corrected chi connectivity index (χ1v) is 11.2. The molecule has 0 bridgehead atoms. The van der Waals surface area contributed by atoms with E-state index >= 15 is 0 Å². The topological polar surface area (TPSA) is 40.5 Å². The molecule has 2 N–H and O–H groups in total. The maximum atomic E-state index is 11.7. The van der Waals surface area contributed by atoms with Crippen molar-refractivity contribution in [3.8, 4) is 0 Å². The van der Waals surface area contributed by atoms with Crippen LogP contribution in [0.1, 0.15) is 91.9 Å². The Kier molecular flexibility index (Phi) is 4.36. The average Bonchev–Trinajstić information content (AvgIpc) is 2.87. The first-order valence-electron chi connectivity index (χ1n) is 11.2. The maximum Gasteiger partial charge on any atom is 0.0729 e. The lowest BCUT2D eigenvalue weighted by molar-refractivity contribution is -0.173. The molecule has 0 amide bonds. The molecule has 25 heavy (non-hydrogen) atoms. The Labute approximate surface area is 154 Å². The number of aliphatic hydroxyl groups is 2. The minimum atomic E-state index is -0.447. The van der Waals surface area contributed by atoms with Crippen molar-refractivity contribution >= 4 is 0 Å². The number of rotatable bonds is 2. The van der Waals surface area contributed by atoms with Gasteiger partial charge in [-0.1, -0.05) is 34.1 Å². The van der Waals surface area contributed by atoms with Crippen LogP contribution in [0, 0.1) is 40.4 Å². The summed E-state index contributed by atoms with van der Waals surface area (Å²) in [6.45, 7) is 9.51. The van der Waals surface area contributed by atoms with Gasteiger partial charge in [-0.25, -0.2) is 0 Å². The van der Waals surface area contributed by atoms with E-state index in [0.29, 0.717) is 11.3 Å². The van der Waals surface area contributed by atoms with E-state index in [9.17, 15) is 10.2 Å². The van der Waals surface area contributed by atoms with Crippen LogP contribution in [-0.4, -0.2) is 21.9 Å². The van der Waals surface area contributed by atoms with Gasteiger partial charge in [-0.15, -0.1) is 0 Å². The van der Waals surface area contributed by atoms with E-state index in [-0.39, 0.29) is 11.5 Å². The molecule has 2 heteroatoms. The Balaban J connectivity index is 1.62. The summed E-state index contributed by atoms with van der Waals surface area (Å²) in [6, 6.07) is 0. The molecule has 0 saturated heterocycles. The number of hydrogen-bond donors (Lipinski definition) is 2. The maximum absolute atomic E-state index is 11.7. The van der Waals surface area contributed by atoms with Crippen molar-refractivity contribution in [1.82, 2.24) is 0 Å². The van der Waals surface area contributed by atoms with E-state index in [1.807, 2.05) is 0 Å². The molecule has 0 spiro atoms. The highest BCUT2D eigenvalue weighted by molar-refractivity contribution is 5.15. The second-order valence-corrected chi connectivity index (χ2v) is 10.8. The molecule has 4 saturated carbocycles. The molecule has 0 aromatic carbocycles. The van der Waals surface area contributed by atoms with E-state index in [1.54, 1.807) is 0 Å². The van der Waals surface area contributed by atoms with Crippen molar-refractivity contribution < 1.29 is 10.2 Å². The first kappa shape index (κ1) is 18.3. The van der Waals surface area contributed by atoms with Gasteiger partial charge in [-0.2, -0.15) is 0 Å². The zero-order valence-corrected chi connectivity index (χ0v) is 16.9. The summed E-state index contributed by atoms with van der Waals surface area (Å²) >= 11 is 0. The summed E-state index contributed by atoms with van der Waals surface area (Å²) in [5, 5.41) is 21.9. The quantitative estimate of drug-likeness (QED) is 0.723. The highest BCUT2D eigenvalue weighted by Gasteiger charge is 2.65. The Morgan fingerprint density at radius 1 is 0.960 bits per heavy atom. The summed E-state index contributed by atoms with van der Waals surface area (Å²) in [4.78, 5) is 0. The summed E-state index contributed by atoms with van der Waals surface area (Å²) in [5.41, 5.74) is 0.124. The van der Waals surface area contributed by atoms with Gasteiger partial charge >= 0.3 is 0 Å². The third kappa shape index (κ3) is 2.35. The van der Waals surface area contributed by atoms with Crippen molar-refractivity contribution in [1.29, 1.82) is 0 Å². The molecular weight excluding hydrogens is 308 g/mol. The molecule has 9 atom stereocenters. The van der Waals surface area contributed by atoms with E-state index in [2.05, 4.69) is 27.7 Å². The molecule has 4 unspecified atom stereocenters. The normalized spacial score (nSPS) is 56.6. The van der Waals surface area contributed by atoms with Gasteiger partial charge in [0.2, 0.25) is 0 Å². The van der Waals surface area contributed by atoms with Gasteiger partial charge < -0.3 is 10.2 Å². The predicted octanol–water partition coefficient (Wildman–Crippen LogP) is 5.17. The van der Waals surface area contributed by atoms with Crippen molar-refractivity contribution in [2.24, 2.45) is 40.4 Å². The SMILES string of the molecule is CCC(C)C1(O)CC[C@H]2[C@@H]3CCC4CC(O)CC[C@]4(C)[C@@H]3CC[C@@]21C. The molecule has 4 aliphatic rings. The molecule has 144 valence electrons. The molecule has 0 radical (unpaired) electrons. The lowest BCUT2D eigenvalue weighted by atomic mass is 9.44. The second kappa shape index (κ2) is 5.96. The van der Waals surface area contributed by atoms with Gasteiger partial charge in [0.25, 0.3) is 0 Å². The molecule has 0 aromatic heterocycles. The van der Waals surface area contributed by atoms with Crippen molar-refractivity contribution in [2.75, 3.05) is 0 Å². The summed E-state index contributed by atoms with van der Waals surface area (Å²) < 4.78 is 0. The van der Waals surface area contributed by atoms with Gasteiger partial charge in [-0.05, 0) is 98.2 Å². The molecule has 0 aromatic rings. The molecule has 4 rings (SSSR count). The Morgan fingerprint density at radius 3 is 2.40 bits per heavy atom. The fourth-order valence-electron chi connectivity index (χ4n) is 8.43. The minimum absolute atomic E-state index is 0.0505. The lowest BCUT2D eigenvalue weighted by Crippen LogP contribution is -2.58. The van der Waals surface area contributed by atoms with Gasteiger partial charge in [-0.3, -0.25) is 0 Å². The van der Waals surface area contributed by atoms with Crippen molar-refractivity contribution in [2.45, 2.75) is 104 Å². The number of aliphatic hydroxyl groups excluding tert-OH is 1. The largest absolute Gasteiger partial charge is 0.393 e. The lowest BCUT2D eigenvalue weighted by Gasteiger charge is -2.62.